The third-order valence-electron chi connectivity index (χ3n) is 4.85. The summed E-state index contributed by atoms with van der Waals surface area (Å²) < 4.78 is 29.0. The van der Waals surface area contributed by atoms with Crippen LogP contribution in [0, 0.1) is 13.8 Å². The van der Waals surface area contributed by atoms with Gasteiger partial charge in [-0.3, -0.25) is 9.48 Å². The van der Waals surface area contributed by atoms with Crippen LogP contribution in [0.3, 0.4) is 0 Å². The van der Waals surface area contributed by atoms with Crippen LogP contribution in [0.1, 0.15) is 36.2 Å². The number of aromatic nitrogens is 2. The van der Waals surface area contributed by atoms with Gasteiger partial charge in [0, 0.05) is 19.6 Å². The summed E-state index contributed by atoms with van der Waals surface area (Å²) in [7, 11) is -3.58. The van der Waals surface area contributed by atoms with Crippen LogP contribution < -0.4 is 5.32 Å². The molecule has 1 N–H and O–H groups in total. The molecule has 8 heteroatoms. The lowest BCUT2D eigenvalue weighted by atomic mass is 10.2. The van der Waals surface area contributed by atoms with E-state index in [1.807, 2.05) is 30.3 Å². The second kappa shape index (κ2) is 8.22. The molecule has 1 aromatic carbocycles. The summed E-state index contributed by atoms with van der Waals surface area (Å²) in [5.74, 6) is -0.202. The SMILES string of the molecule is Cc1nn(CC(=O)NCc2ccccc2)c(C)c1S(=O)(=O)N1CCCCC1. The molecule has 2 aromatic rings. The van der Waals surface area contributed by atoms with Crippen molar-refractivity contribution < 1.29 is 13.2 Å². The van der Waals surface area contributed by atoms with Crippen LogP contribution in [0.15, 0.2) is 35.2 Å². The third-order valence-corrected chi connectivity index (χ3v) is 7.01. The smallest absolute Gasteiger partial charge is 0.246 e. The van der Waals surface area contributed by atoms with Crippen molar-refractivity contribution in [2.45, 2.75) is 51.1 Å². The lowest BCUT2D eigenvalue weighted by molar-refractivity contribution is -0.122. The van der Waals surface area contributed by atoms with Gasteiger partial charge in [-0.25, -0.2) is 8.42 Å². The van der Waals surface area contributed by atoms with E-state index in [9.17, 15) is 13.2 Å². The number of hydrogen-bond donors (Lipinski definition) is 1. The van der Waals surface area contributed by atoms with Gasteiger partial charge < -0.3 is 5.32 Å². The summed E-state index contributed by atoms with van der Waals surface area (Å²) in [6, 6.07) is 9.63. The van der Waals surface area contributed by atoms with E-state index < -0.39 is 10.0 Å². The molecule has 0 aliphatic carbocycles. The van der Waals surface area contributed by atoms with Gasteiger partial charge in [-0.1, -0.05) is 36.8 Å². The average molecular weight is 391 g/mol. The molecule has 7 nitrogen and oxygen atoms in total. The highest BCUT2D eigenvalue weighted by Gasteiger charge is 2.31. The number of amides is 1. The average Bonchev–Trinajstić information content (AvgIpc) is 2.95. The van der Waals surface area contributed by atoms with E-state index in [-0.39, 0.29) is 17.3 Å². The summed E-state index contributed by atoms with van der Waals surface area (Å²) in [6.07, 6.45) is 2.82. The zero-order valence-corrected chi connectivity index (χ0v) is 16.6. The molecule has 1 aliphatic heterocycles. The summed E-state index contributed by atoms with van der Waals surface area (Å²) >= 11 is 0. The number of carbonyl (C=O) groups excluding carboxylic acids is 1. The first kappa shape index (κ1) is 19.6. The van der Waals surface area contributed by atoms with E-state index in [1.54, 1.807) is 13.8 Å². The van der Waals surface area contributed by atoms with Crippen LogP contribution in [0.4, 0.5) is 0 Å². The quantitative estimate of drug-likeness (QED) is 0.818. The van der Waals surface area contributed by atoms with Crippen molar-refractivity contribution in [1.82, 2.24) is 19.4 Å². The molecule has 27 heavy (non-hydrogen) atoms. The number of rotatable bonds is 6. The predicted molar refractivity (Wildman–Crippen MR) is 103 cm³/mol. The molecule has 1 amide bonds. The predicted octanol–water partition coefficient (Wildman–Crippen LogP) is 1.99. The van der Waals surface area contributed by atoms with E-state index in [2.05, 4.69) is 10.4 Å². The fourth-order valence-electron chi connectivity index (χ4n) is 3.43. The Balaban J connectivity index is 1.72. The number of piperidine rings is 1. The van der Waals surface area contributed by atoms with Gasteiger partial charge in [0.2, 0.25) is 15.9 Å². The Labute approximate surface area is 160 Å². The van der Waals surface area contributed by atoms with Crippen molar-refractivity contribution in [1.29, 1.82) is 0 Å². The molecule has 0 bridgehead atoms. The highest BCUT2D eigenvalue weighted by atomic mass is 32.2. The van der Waals surface area contributed by atoms with Gasteiger partial charge in [-0.05, 0) is 32.3 Å². The molecule has 146 valence electrons. The second-order valence-electron chi connectivity index (χ2n) is 6.88. The van der Waals surface area contributed by atoms with Crippen LogP contribution in [0.25, 0.3) is 0 Å². The highest BCUT2D eigenvalue weighted by molar-refractivity contribution is 7.89. The largest absolute Gasteiger partial charge is 0.350 e. The maximum Gasteiger partial charge on any atom is 0.246 e. The summed E-state index contributed by atoms with van der Waals surface area (Å²) in [5, 5.41) is 7.16. The lowest BCUT2D eigenvalue weighted by Crippen LogP contribution is -2.36. The fourth-order valence-corrected chi connectivity index (χ4v) is 5.32. The summed E-state index contributed by atoms with van der Waals surface area (Å²) in [4.78, 5) is 12.5. The standard InChI is InChI=1S/C19H26N4O3S/c1-15-19(27(25,26)22-11-7-4-8-12-22)16(2)23(21-15)14-18(24)20-13-17-9-5-3-6-10-17/h3,5-6,9-10H,4,7-8,11-14H2,1-2H3,(H,20,24). The molecule has 1 aliphatic rings. The van der Waals surface area contributed by atoms with Gasteiger partial charge in [-0.2, -0.15) is 9.40 Å². The molecular formula is C19H26N4O3S. The Morgan fingerprint density at radius 1 is 1.11 bits per heavy atom. The molecule has 1 aromatic heterocycles. The first-order chi connectivity index (χ1) is 12.9. The van der Waals surface area contributed by atoms with Gasteiger partial charge in [0.25, 0.3) is 0 Å². The number of benzene rings is 1. The monoisotopic (exact) mass is 390 g/mol. The van der Waals surface area contributed by atoms with Crippen LogP contribution in [0.2, 0.25) is 0 Å². The number of nitrogens with one attached hydrogen (secondary N) is 1. The number of sulfonamides is 1. The zero-order chi connectivity index (χ0) is 19.4. The summed E-state index contributed by atoms with van der Waals surface area (Å²) in [6.45, 7) is 4.91. The molecule has 0 unspecified atom stereocenters. The van der Waals surface area contributed by atoms with E-state index in [4.69, 9.17) is 0 Å². The van der Waals surface area contributed by atoms with Crippen molar-refractivity contribution in [2.24, 2.45) is 0 Å². The summed E-state index contributed by atoms with van der Waals surface area (Å²) in [5.41, 5.74) is 1.95. The number of carbonyl (C=O) groups is 1. The first-order valence-corrected chi connectivity index (χ1v) is 10.7. The first-order valence-electron chi connectivity index (χ1n) is 9.24. The maximum atomic E-state index is 13.0. The molecule has 0 radical (unpaired) electrons. The second-order valence-corrected chi connectivity index (χ2v) is 8.76. The third kappa shape index (κ3) is 4.39. The minimum Gasteiger partial charge on any atom is -0.350 e. The van der Waals surface area contributed by atoms with Crippen LogP contribution in [-0.4, -0.2) is 41.5 Å². The minimum absolute atomic E-state index is 0.00493. The fraction of sp³-hybridized carbons (Fsp3) is 0.474. The van der Waals surface area contributed by atoms with Crippen molar-refractivity contribution in [3.63, 3.8) is 0 Å². The molecule has 1 saturated heterocycles. The van der Waals surface area contributed by atoms with Gasteiger partial charge in [0.15, 0.2) is 0 Å². The molecule has 0 spiro atoms. The Hall–Kier alpha value is -2.19. The van der Waals surface area contributed by atoms with E-state index in [0.717, 1.165) is 24.8 Å². The van der Waals surface area contributed by atoms with Gasteiger partial charge in [0.1, 0.15) is 11.4 Å². The Bertz CT molecular complexity index is 901. The van der Waals surface area contributed by atoms with Crippen molar-refractivity contribution in [3.05, 3.63) is 47.3 Å². The molecule has 3 rings (SSSR count). The highest BCUT2D eigenvalue weighted by Crippen LogP contribution is 2.26. The van der Waals surface area contributed by atoms with Crippen molar-refractivity contribution in [3.8, 4) is 0 Å². The van der Waals surface area contributed by atoms with Gasteiger partial charge in [0.05, 0.1) is 11.4 Å². The van der Waals surface area contributed by atoms with Gasteiger partial charge >= 0.3 is 0 Å². The van der Waals surface area contributed by atoms with Gasteiger partial charge in [-0.15, -0.1) is 0 Å². The van der Waals surface area contributed by atoms with Crippen LogP contribution in [0.5, 0.6) is 0 Å². The number of hydrogen-bond acceptors (Lipinski definition) is 4. The number of nitrogens with zero attached hydrogens (tertiary/aromatic N) is 3. The Kier molecular flexibility index (Phi) is 5.96. The molecular weight excluding hydrogens is 364 g/mol. The Morgan fingerprint density at radius 3 is 2.44 bits per heavy atom. The normalized spacial score (nSPS) is 15.6. The van der Waals surface area contributed by atoms with Crippen molar-refractivity contribution in [2.75, 3.05) is 13.1 Å². The topological polar surface area (TPSA) is 84.3 Å². The van der Waals surface area contributed by atoms with Crippen LogP contribution >= 0.6 is 0 Å². The zero-order valence-electron chi connectivity index (χ0n) is 15.8. The van der Waals surface area contributed by atoms with E-state index in [1.165, 1.54) is 8.99 Å². The Morgan fingerprint density at radius 2 is 1.78 bits per heavy atom. The number of aryl methyl sites for hydroxylation is 1. The molecule has 0 atom stereocenters. The lowest BCUT2D eigenvalue weighted by Gasteiger charge is -2.25. The molecule has 1 fully saturated rings. The minimum atomic E-state index is -3.58. The molecule has 0 saturated carbocycles. The maximum absolute atomic E-state index is 13.0. The van der Waals surface area contributed by atoms with E-state index >= 15 is 0 Å². The van der Waals surface area contributed by atoms with Crippen LogP contribution in [-0.2, 0) is 27.9 Å². The van der Waals surface area contributed by atoms with E-state index in [0.29, 0.717) is 31.0 Å². The molecule has 2 heterocycles. The van der Waals surface area contributed by atoms with Crippen molar-refractivity contribution >= 4 is 15.9 Å².